The van der Waals surface area contributed by atoms with Crippen molar-refractivity contribution in [3.05, 3.63) is 64.7 Å². The molecular formula is C28H31ClFN5O3S. The number of anilines is 2. The molecule has 0 bridgehead atoms. The van der Waals surface area contributed by atoms with Crippen LogP contribution in [-0.2, 0) is 11.3 Å². The number of ether oxygens (including phenoxy) is 2. The number of rotatable bonds is 8. The third-order valence-corrected chi connectivity index (χ3v) is 8.95. The summed E-state index contributed by atoms with van der Waals surface area (Å²) in [7, 11) is 3.18. The minimum Gasteiger partial charge on any atom is -0.497 e. The van der Waals surface area contributed by atoms with Gasteiger partial charge >= 0.3 is 0 Å². The van der Waals surface area contributed by atoms with E-state index < -0.39 is 11.7 Å². The van der Waals surface area contributed by atoms with Crippen molar-refractivity contribution in [2.75, 3.05) is 50.7 Å². The van der Waals surface area contributed by atoms with Crippen molar-refractivity contribution in [3.63, 3.8) is 0 Å². The highest BCUT2D eigenvalue weighted by atomic mass is 35.5. The first-order valence-corrected chi connectivity index (χ1v) is 14.0. The maximum atomic E-state index is 14.3. The molecule has 3 heterocycles. The summed E-state index contributed by atoms with van der Waals surface area (Å²) < 4.78 is 25.0. The number of aromatic nitrogens is 2. The second kappa shape index (κ2) is 12.0. The summed E-state index contributed by atoms with van der Waals surface area (Å²) in [5.41, 5.74) is 1.52. The highest BCUT2D eigenvalue weighted by Gasteiger charge is 2.38. The van der Waals surface area contributed by atoms with Gasteiger partial charge in [0.15, 0.2) is 0 Å². The molecule has 0 unspecified atom stereocenters. The Morgan fingerprint density at radius 3 is 2.67 bits per heavy atom. The molecule has 0 saturated carbocycles. The van der Waals surface area contributed by atoms with Gasteiger partial charge in [0.2, 0.25) is 0 Å². The van der Waals surface area contributed by atoms with E-state index in [0.29, 0.717) is 32.3 Å². The number of halogens is 2. The second-order valence-electron chi connectivity index (χ2n) is 9.79. The summed E-state index contributed by atoms with van der Waals surface area (Å²) in [4.78, 5) is 25.3. The zero-order valence-electron chi connectivity index (χ0n) is 21.9. The highest BCUT2D eigenvalue weighted by molar-refractivity contribution is 7.99. The molecule has 11 heteroatoms. The first-order chi connectivity index (χ1) is 18.9. The van der Waals surface area contributed by atoms with Gasteiger partial charge in [0.05, 0.1) is 36.7 Å². The molecule has 0 radical (unpaired) electrons. The lowest BCUT2D eigenvalue weighted by Gasteiger charge is -2.38. The normalized spacial score (nSPS) is 16.4. The lowest BCUT2D eigenvalue weighted by atomic mass is 9.78. The minimum absolute atomic E-state index is 0.00307. The first-order valence-electron chi connectivity index (χ1n) is 12.8. The first kappa shape index (κ1) is 27.5. The summed E-state index contributed by atoms with van der Waals surface area (Å²) in [6, 6.07) is 8.13. The number of hydrogen-bond acceptors (Lipinski definition) is 8. The topological polar surface area (TPSA) is 88.6 Å². The molecule has 39 heavy (non-hydrogen) atoms. The number of benzene rings is 2. The molecule has 2 aliphatic rings. The number of carbonyl (C=O) groups excluding carboxylic acids is 1. The van der Waals surface area contributed by atoms with Crippen LogP contribution >= 0.6 is 23.4 Å². The molecule has 206 valence electrons. The molecule has 1 spiro atoms. The zero-order chi connectivity index (χ0) is 27.4. The van der Waals surface area contributed by atoms with E-state index in [9.17, 15) is 9.18 Å². The van der Waals surface area contributed by atoms with Crippen LogP contribution in [0.5, 0.6) is 5.75 Å². The summed E-state index contributed by atoms with van der Waals surface area (Å²) in [5.74, 6) is 0.388. The van der Waals surface area contributed by atoms with Gasteiger partial charge in [-0.15, -0.1) is 0 Å². The van der Waals surface area contributed by atoms with Gasteiger partial charge in [-0.05, 0) is 42.9 Å². The van der Waals surface area contributed by atoms with E-state index >= 15 is 0 Å². The van der Waals surface area contributed by atoms with E-state index in [2.05, 4.69) is 25.5 Å². The predicted octanol–water partition coefficient (Wildman–Crippen LogP) is 5.41. The fraction of sp³-hybridized carbons (Fsp3) is 0.393. The molecule has 2 aliphatic heterocycles. The average Bonchev–Trinajstić information content (AvgIpc) is 3.41. The van der Waals surface area contributed by atoms with Crippen LogP contribution in [-0.4, -0.2) is 56.3 Å². The number of carbonyl (C=O) groups is 1. The number of methoxy groups -OCH3 is 1. The molecule has 3 aromatic rings. The Bertz CT molecular complexity index is 1330. The molecule has 1 amide bonds. The molecule has 2 fully saturated rings. The maximum Gasteiger partial charge on any atom is 0.255 e. The fourth-order valence-corrected chi connectivity index (χ4v) is 6.15. The molecule has 2 N–H and O–H groups in total. The summed E-state index contributed by atoms with van der Waals surface area (Å²) >= 11 is 8.06. The second-order valence-corrected chi connectivity index (χ2v) is 11.2. The molecule has 2 saturated heterocycles. The summed E-state index contributed by atoms with van der Waals surface area (Å²) in [5, 5.41) is 6.73. The Labute approximate surface area is 236 Å². The average molecular weight is 572 g/mol. The number of nitrogens with zero attached hydrogens (tertiary/aromatic N) is 3. The van der Waals surface area contributed by atoms with Gasteiger partial charge in [0, 0.05) is 55.5 Å². The van der Waals surface area contributed by atoms with Crippen LogP contribution in [0.15, 0.2) is 52.6 Å². The molecule has 0 aliphatic carbocycles. The number of hydrogen-bond donors (Lipinski definition) is 2. The van der Waals surface area contributed by atoms with Gasteiger partial charge in [0.25, 0.3) is 5.91 Å². The third kappa shape index (κ3) is 6.08. The van der Waals surface area contributed by atoms with Crippen LogP contribution in [0.25, 0.3) is 0 Å². The van der Waals surface area contributed by atoms with E-state index in [-0.39, 0.29) is 17.1 Å². The number of piperidine rings is 1. The van der Waals surface area contributed by atoms with Gasteiger partial charge < -0.3 is 25.0 Å². The van der Waals surface area contributed by atoms with Crippen molar-refractivity contribution in [2.24, 2.45) is 5.41 Å². The largest absolute Gasteiger partial charge is 0.497 e. The monoisotopic (exact) mass is 571 g/mol. The van der Waals surface area contributed by atoms with Gasteiger partial charge in [-0.25, -0.2) is 14.4 Å². The van der Waals surface area contributed by atoms with Crippen molar-refractivity contribution in [1.82, 2.24) is 15.3 Å². The smallest absolute Gasteiger partial charge is 0.255 e. The standard InChI is InChI=1S/C28H31ClFN5O3S/c1-31-21-5-6-22(26(29)25(21)27(36)34-14-18-3-4-19(37-2)13-20(18)30)39-24-16-32-23(15-33-24)35-10-7-28(8-11-35)9-12-38-17-28/h3-6,13,15-16,31H,7-12,14,17H2,1-2H3,(H,34,36). The predicted molar refractivity (Wildman–Crippen MR) is 151 cm³/mol. The summed E-state index contributed by atoms with van der Waals surface area (Å²) in [6.45, 7) is 3.63. The van der Waals surface area contributed by atoms with Crippen molar-refractivity contribution >= 4 is 40.8 Å². The summed E-state index contributed by atoms with van der Waals surface area (Å²) in [6.07, 6.45) is 6.88. The molecule has 5 rings (SSSR count). The molecule has 2 aromatic carbocycles. The van der Waals surface area contributed by atoms with E-state index in [1.807, 2.05) is 6.07 Å². The molecule has 1 aromatic heterocycles. The third-order valence-electron chi connectivity index (χ3n) is 7.46. The van der Waals surface area contributed by atoms with Gasteiger partial charge in [0.1, 0.15) is 22.4 Å². The zero-order valence-corrected chi connectivity index (χ0v) is 23.5. The van der Waals surface area contributed by atoms with E-state index in [1.165, 1.54) is 24.9 Å². The quantitative estimate of drug-likeness (QED) is 0.371. The Morgan fingerprint density at radius 2 is 2.03 bits per heavy atom. The van der Waals surface area contributed by atoms with E-state index in [4.69, 9.17) is 21.1 Å². The highest BCUT2D eigenvalue weighted by Crippen LogP contribution is 2.40. The van der Waals surface area contributed by atoms with Crippen LogP contribution in [0.1, 0.15) is 35.2 Å². The molecule has 0 atom stereocenters. The lowest BCUT2D eigenvalue weighted by Crippen LogP contribution is -2.40. The van der Waals surface area contributed by atoms with Gasteiger partial charge in [-0.2, -0.15) is 0 Å². The number of amides is 1. The van der Waals surface area contributed by atoms with Crippen molar-refractivity contribution in [3.8, 4) is 5.75 Å². The fourth-order valence-electron chi connectivity index (χ4n) is 5.02. The van der Waals surface area contributed by atoms with Crippen molar-refractivity contribution in [2.45, 2.75) is 35.7 Å². The van der Waals surface area contributed by atoms with Crippen LogP contribution in [0.2, 0.25) is 5.02 Å². The van der Waals surface area contributed by atoms with Crippen LogP contribution in [0.3, 0.4) is 0 Å². The molecular weight excluding hydrogens is 541 g/mol. The van der Waals surface area contributed by atoms with E-state index in [0.717, 1.165) is 51.4 Å². The van der Waals surface area contributed by atoms with Crippen molar-refractivity contribution in [1.29, 1.82) is 0 Å². The van der Waals surface area contributed by atoms with Crippen LogP contribution in [0.4, 0.5) is 15.9 Å². The minimum atomic E-state index is -0.461. The van der Waals surface area contributed by atoms with Crippen LogP contribution in [0, 0.1) is 11.2 Å². The van der Waals surface area contributed by atoms with Crippen molar-refractivity contribution < 1.29 is 18.7 Å². The Morgan fingerprint density at radius 1 is 1.21 bits per heavy atom. The van der Waals surface area contributed by atoms with E-state index in [1.54, 1.807) is 37.6 Å². The number of nitrogens with one attached hydrogen (secondary N) is 2. The van der Waals surface area contributed by atoms with Crippen LogP contribution < -0.4 is 20.3 Å². The van der Waals surface area contributed by atoms with Gasteiger partial charge in [-0.1, -0.05) is 29.4 Å². The lowest BCUT2D eigenvalue weighted by molar-refractivity contribution is 0.0951. The Kier molecular flexibility index (Phi) is 8.44. The SMILES string of the molecule is CNc1ccc(Sc2cnc(N3CCC4(CCOC4)CC3)cn2)c(Cl)c1C(=O)NCc1ccc(OC)cc1F. The Balaban J connectivity index is 1.26. The maximum absolute atomic E-state index is 14.3. The Hall–Kier alpha value is -3.08. The van der Waals surface area contributed by atoms with Gasteiger partial charge in [-0.3, -0.25) is 4.79 Å². The molecule has 8 nitrogen and oxygen atoms in total.